The monoisotopic (exact) mass is 476 g/mol. The number of aryl methyl sites for hydroxylation is 2. The van der Waals surface area contributed by atoms with Crippen molar-refractivity contribution in [1.29, 1.82) is 0 Å². The Kier molecular flexibility index (Phi) is 16.3. The average molecular weight is 477 g/mol. The maximum Gasteiger partial charge on any atom is 0.246 e. The third-order valence-electron chi connectivity index (χ3n) is 6.40. The second kappa shape index (κ2) is 18.4. The van der Waals surface area contributed by atoms with Crippen LogP contribution in [0.15, 0.2) is 24.3 Å². The number of hydrogen-bond donors (Lipinski definition) is 3. The number of benzene rings is 1. The number of rotatable bonds is 20. The Hall–Kier alpha value is -1.92. The standard InChI is InChI=1S/C28H48N2O4/c1-4-7-8-9-10-11-13-24-14-16-25(17-15-24)18-19-28(6-3,23-31)30-27(33)22-34-21-20-29-26(32)12-5-2/h14-17,31H,4-13,18-23H2,1-3H3,(H,29,32)(H,30,33). The molecule has 6 nitrogen and oxygen atoms in total. The van der Waals surface area contributed by atoms with E-state index in [0.717, 1.165) is 19.3 Å². The van der Waals surface area contributed by atoms with Gasteiger partial charge in [-0.25, -0.2) is 0 Å². The average Bonchev–Trinajstić information content (AvgIpc) is 2.84. The molecule has 0 aliphatic carbocycles. The Morgan fingerprint density at radius 1 is 0.882 bits per heavy atom. The number of ether oxygens (including phenoxy) is 1. The molecule has 34 heavy (non-hydrogen) atoms. The Morgan fingerprint density at radius 3 is 2.15 bits per heavy atom. The van der Waals surface area contributed by atoms with Crippen LogP contribution in [0, 0.1) is 0 Å². The smallest absolute Gasteiger partial charge is 0.246 e. The molecule has 1 aromatic carbocycles. The number of amides is 2. The summed E-state index contributed by atoms with van der Waals surface area (Å²) < 4.78 is 5.39. The highest BCUT2D eigenvalue weighted by Crippen LogP contribution is 2.19. The number of aliphatic hydroxyl groups excluding tert-OH is 1. The number of carbonyl (C=O) groups is 2. The summed E-state index contributed by atoms with van der Waals surface area (Å²) in [7, 11) is 0. The third kappa shape index (κ3) is 13.1. The SMILES string of the molecule is CCCCCCCCc1ccc(CCC(CC)(CO)NC(=O)COCCNC(=O)CCC)cc1. The highest BCUT2D eigenvalue weighted by molar-refractivity contribution is 5.78. The van der Waals surface area contributed by atoms with Crippen LogP contribution in [0.25, 0.3) is 0 Å². The fraction of sp³-hybridized carbons (Fsp3) is 0.714. The van der Waals surface area contributed by atoms with Gasteiger partial charge in [0.15, 0.2) is 0 Å². The largest absolute Gasteiger partial charge is 0.394 e. The van der Waals surface area contributed by atoms with Crippen molar-refractivity contribution in [3.05, 3.63) is 35.4 Å². The maximum atomic E-state index is 12.4. The van der Waals surface area contributed by atoms with Crippen molar-refractivity contribution >= 4 is 11.8 Å². The molecule has 0 radical (unpaired) electrons. The molecule has 194 valence electrons. The summed E-state index contributed by atoms with van der Waals surface area (Å²) >= 11 is 0. The molecule has 1 atom stereocenters. The van der Waals surface area contributed by atoms with Gasteiger partial charge in [-0.1, -0.05) is 77.1 Å². The molecule has 0 aliphatic rings. The second-order valence-corrected chi connectivity index (χ2v) is 9.33. The highest BCUT2D eigenvalue weighted by atomic mass is 16.5. The molecule has 6 heteroatoms. The van der Waals surface area contributed by atoms with E-state index in [1.807, 2.05) is 13.8 Å². The van der Waals surface area contributed by atoms with E-state index in [9.17, 15) is 14.7 Å². The van der Waals surface area contributed by atoms with Crippen molar-refractivity contribution in [3.8, 4) is 0 Å². The highest BCUT2D eigenvalue weighted by Gasteiger charge is 2.29. The zero-order valence-corrected chi connectivity index (χ0v) is 21.8. The predicted octanol–water partition coefficient (Wildman–Crippen LogP) is 4.71. The summed E-state index contributed by atoms with van der Waals surface area (Å²) in [4.78, 5) is 23.8. The van der Waals surface area contributed by atoms with Crippen molar-refractivity contribution in [1.82, 2.24) is 10.6 Å². The van der Waals surface area contributed by atoms with Crippen LogP contribution in [0.1, 0.15) is 96.1 Å². The molecular weight excluding hydrogens is 428 g/mol. The summed E-state index contributed by atoms with van der Waals surface area (Å²) in [5.74, 6) is -0.249. The first-order chi connectivity index (χ1) is 16.5. The summed E-state index contributed by atoms with van der Waals surface area (Å²) in [5, 5.41) is 15.8. The van der Waals surface area contributed by atoms with Crippen LogP contribution < -0.4 is 10.6 Å². The number of nitrogens with one attached hydrogen (secondary N) is 2. The van der Waals surface area contributed by atoms with Gasteiger partial charge >= 0.3 is 0 Å². The number of unbranched alkanes of at least 4 members (excludes halogenated alkanes) is 5. The van der Waals surface area contributed by atoms with Gasteiger partial charge in [-0.2, -0.15) is 0 Å². The second-order valence-electron chi connectivity index (χ2n) is 9.33. The van der Waals surface area contributed by atoms with Gasteiger partial charge < -0.3 is 20.5 Å². The minimum Gasteiger partial charge on any atom is -0.394 e. The van der Waals surface area contributed by atoms with Crippen molar-refractivity contribution in [2.75, 3.05) is 26.4 Å². The van der Waals surface area contributed by atoms with E-state index in [-0.39, 0.29) is 31.6 Å². The zero-order valence-electron chi connectivity index (χ0n) is 21.8. The molecule has 2 amide bonds. The van der Waals surface area contributed by atoms with Crippen molar-refractivity contribution in [3.63, 3.8) is 0 Å². The third-order valence-corrected chi connectivity index (χ3v) is 6.40. The van der Waals surface area contributed by atoms with Gasteiger partial charge in [0.05, 0.1) is 18.8 Å². The Morgan fingerprint density at radius 2 is 1.53 bits per heavy atom. The molecule has 0 aromatic heterocycles. The van der Waals surface area contributed by atoms with Gasteiger partial charge in [0.2, 0.25) is 11.8 Å². The van der Waals surface area contributed by atoms with Crippen LogP contribution in [0.2, 0.25) is 0 Å². The van der Waals surface area contributed by atoms with Crippen LogP contribution in [0.3, 0.4) is 0 Å². The summed E-state index contributed by atoms with van der Waals surface area (Å²) in [6.07, 6.45) is 12.4. The minimum atomic E-state index is -0.660. The summed E-state index contributed by atoms with van der Waals surface area (Å²) in [6.45, 7) is 6.65. The first-order valence-corrected chi connectivity index (χ1v) is 13.3. The van der Waals surface area contributed by atoms with E-state index >= 15 is 0 Å². The molecule has 0 heterocycles. The van der Waals surface area contributed by atoms with Gasteiger partial charge in [0, 0.05) is 13.0 Å². The quantitative estimate of drug-likeness (QED) is 0.238. The Labute approximate surface area is 207 Å². The van der Waals surface area contributed by atoms with Crippen molar-refractivity contribution in [2.24, 2.45) is 0 Å². The molecule has 1 unspecified atom stereocenters. The normalized spacial score (nSPS) is 12.8. The van der Waals surface area contributed by atoms with E-state index in [4.69, 9.17) is 4.74 Å². The molecule has 1 rings (SSSR count). The van der Waals surface area contributed by atoms with Crippen LogP contribution in [0.4, 0.5) is 0 Å². The first kappa shape index (κ1) is 30.1. The van der Waals surface area contributed by atoms with E-state index in [1.54, 1.807) is 0 Å². The van der Waals surface area contributed by atoms with Gasteiger partial charge in [-0.15, -0.1) is 0 Å². The lowest BCUT2D eigenvalue weighted by atomic mass is 9.89. The van der Waals surface area contributed by atoms with E-state index in [2.05, 4.69) is 41.8 Å². The zero-order chi connectivity index (χ0) is 25.1. The van der Waals surface area contributed by atoms with Crippen LogP contribution in [-0.2, 0) is 27.2 Å². The van der Waals surface area contributed by atoms with Crippen molar-refractivity contribution in [2.45, 2.75) is 103 Å². The molecular formula is C28H48N2O4. The lowest BCUT2D eigenvalue weighted by molar-refractivity contribution is -0.128. The van der Waals surface area contributed by atoms with Gasteiger partial charge in [0.25, 0.3) is 0 Å². The number of hydrogen-bond acceptors (Lipinski definition) is 4. The van der Waals surface area contributed by atoms with Gasteiger partial charge in [-0.05, 0) is 49.7 Å². The molecule has 3 N–H and O–H groups in total. The molecule has 0 aliphatic heterocycles. The van der Waals surface area contributed by atoms with Gasteiger partial charge in [0.1, 0.15) is 6.61 Å². The van der Waals surface area contributed by atoms with Crippen LogP contribution in [0.5, 0.6) is 0 Å². The van der Waals surface area contributed by atoms with E-state index < -0.39 is 5.54 Å². The summed E-state index contributed by atoms with van der Waals surface area (Å²) in [6, 6.07) is 8.75. The molecule has 0 saturated carbocycles. The lowest BCUT2D eigenvalue weighted by Crippen LogP contribution is -2.52. The molecule has 0 saturated heterocycles. The predicted molar refractivity (Wildman–Crippen MR) is 139 cm³/mol. The number of carbonyl (C=O) groups excluding carboxylic acids is 2. The fourth-order valence-corrected chi connectivity index (χ4v) is 4.00. The van der Waals surface area contributed by atoms with E-state index in [0.29, 0.717) is 25.8 Å². The van der Waals surface area contributed by atoms with Gasteiger partial charge in [-0.3, -0.25) is 9.59 Å². The molecule has 0 fully saturated rings. The minimum absolute atomic E-state index is 0.00345. The first-order valence-electron chi connectivity index (χ1n) is 13.3. The topological polar surface area (TPSA) is 87.7 Å². The molecule has 1 aromatic rings. The number of aliphatic hydroxyl groups is 1. The Bertz CT molecular complexity index is 671. The van der Waals surface area contributed by atoms with Crippen LogP contribution in [-0.4, -0.2) is 48.8 Å². The van der Waals surface area contributed by atoms with Crippen molar-refractivity contribution < 1.29 is 19.4 Å². The lowest BCUT2D eigenvalue weighted by Gasteiger charge is -2.32. The summed E-state index contributed by atoms with van der Waals surface area (Å²) in [5.41, 5.74) is 1.93. The van der Waals surface area contributed by atoms with Crippen LogP contribution >= 0.6 is 0 Å². The van der Waals surface area contributed by atoms with E-state index in [1.165, 1.54) is 49.7 Å². The molecule has 0 bridgehead atoms. The maximum absolute atomic E-state index is 12.4. The Balaban J connectivity index is 2.38. The molecule has 0 spiro atoms. The fourth-order valence-electron chi connectivity index (χ4n) is 4.00.